The minimum atomic E-state index is -0.941. The second-order valence-electron chi connectivity index (χ2n) is 9.26. The van der Waals surface area contributed by atoms with Gasteiger partial charge in [-0.2, -0.15) is 0 Å². The molecule has 1 aromatic heterocycles. The Morgan fingerprint density at radius 3 is 2.56 bits per heavy atom. The van der Waals surface area contributed by atoms with Crippen LogP contribution in [0.5, 0.6) is 23.0 Å². The number of thiazole rings is 1. The maximum absolute atomic E-state index is 13.6. The first-order valence-electron chi connectivity index (χ1n) is 13.1. The summed E-state index contributed by atoms with van der Waals surface area (Å²) in [5.41, 5.74) is 1.53. The van der Waals surface area contributed by atoms with Gasteiger partial charge in [-0.1, -0.05) is 36.1 Å². The van der Waals surface area contributed by atoms with E-state index < -0.39 is 17.7 Å². The van der Waals surface area contributed by atoms with Crippen LogP contribution in [-0.4, -0.2) is 48.2 Å². The molecule has 2 aliphatic heterocycles. The highest BCUT2D eigenvalue weighted by molar-refractivity contribution is 7.22. The fourth-order valence-corrected chi connectivity index (χ4v) is 5.87. The Hall–Kier alpha value is -4.83. The lowest BCUT2D eigenvalue weighted by molar-refractivity contribution is -0.132. The van der Waals surface area contributed by atoms with Gasteiger partial charge in [-0.25, -0.2) is 4.98 Å². The van der Waals surface area contributed by atoms with E-state index in [-0.39, 0.29) is 11.3 Å². The van der Waals surface area contributed by atoms with Crippen LogP contribution in [0.4, 0.5) is 5.13 Å². The van der Waals surface area contributed by atoms with Crippen LogP contribution in [-0.2, 0) is 9.59 Å². The lowest BCUT2D eigenvalue weighted by atomic mass is 9.95. The zero-order valence-corrected chi connectivity index (χ0v) is 23.0. The summed E-state index contributed by atoms with van der Waals surface area (Å²) in [4.78, 5) is 33.2. The number of hydrogen-bond acceptors (Lipinski definition) is 9. The molecule has 208 valence electrons. The molecule has 41 heavy (non-hydrogen) atoms. The van der Waals surface area contributed by atoms with Crippen molar-refractivity contribution in [2.24, 2.45) is 0 Å². The first kappa shape index (κ1) is 26.4. The van der Waals surface area contributed by atoms with E-state index in [2.05, 4.69) is 11.6 Å². The molecule has 1 fully saturated rings. The molecule has 0 saturated carbocycles. The smallest absolute Gasteiger partial charge is 0.301 e. The normalized spacial score (nSPS) is 17.6. The Labute approximate surface area is 239 Å². The van der Waals surface area contributed by atoms with Crippen molar-refractivity contribution in [2.75, 3.05) is 31.3 Å². The molecule has 10 heteroatoms. The molecule has 9 nitrogen and oxygen atoms in total. The summed E-state index contributed by atoms with van der Waals surface area (Å²) in [7, 11) is 0. The number of ether oxygens (including phenoxy) is 4. The van der Waals surface area contributed by atoms with Crippen molar-refractivity contribution in [2.45, 2.75) is 13.0 Å². The molecule has 1 amide bonds. The number of ketones is 1. The van der Waals surface area contributed by atoms with Crippen molar-refractivity contribution in [3.8, 4) is 23.0 Å². The second-order valence-corrected chi connectivity index (χ2v) is 10.3. The van der Waals surface area contributed by atoms with Crippen LogP contribution < -0.4 is 23.8 Å². The topological polar surface area (TPSA) is 107 Å². The molecule has 2 aliphatic rings. The van der Waals surface area contributed by atoms with Crippen molar-refractivity contribution in [3.05, 3.63) is 90.0 Å². The fourth-order valence-electron chi connectivity index (χ4n) is 4.85. The first-order chi connectivity index (χ1) is 20.0. The summed E-state index contributed by atoms with van der Waals surface area (Å²) in [6.45, 7) is 7.19. The molecule has 0 spiro atoms. The molecule has 0 radical (unpaired) electrons. The largest absolute Gasteiger partial charge is 0.507 e. The van der Waals surface area contributed by atoms with E-state index in [0.29, 0.717) is 71.2 Å². The molecular weight excluding hydrogens is 544 g/mol. The molecule has 6 rings (SSSR count). The van der Waals surface area contributed by atoms with Crippen molar-refractivity contribution in [3.63, 3.8) is 0 Å². The van der Waals surface area contributed by atoms with E-state index in [4.69, 9.17) is 18.9 Å². The van der Waals surface area contributed by atoms with E-state index in [1.54, 1.807) is 48.5 Å². The van der Waals surface area contributed by atoms with Crippen LogP contribution in [0.25, 0.3) is 16.0 Å². The van der Waals surface area contributed by atoms with Gasteiger partial charge in [0.2, 0.25) is 0 Å². The first-order valence-corrected chi connectivity index (χ1v) is 13.9. The number of carbonyl (C=O) groups excluding carboxylic acids is 2. The molecule has 4 aromatic rings. The van der Waals surface area contributed by atoms with Gasteiger partial charge in [0.1, 0.15) is 37.1 Å². The van der Waals surface area contributed by atoms with Crippen LogP contribution in [0.1, 0.15) is 24.1 Å². The molecule has 1 atom stereocenters. The van der Waals surface area contributed by atoms with Gasteiger partial charge in [0.15, 0.2) is 16.6 Å². The predicted molar refractivity (Wildman–Crippen MR) is 155 cm³/mol. The molecule has 0 bridgehead atoms. The minimum Gasteiger partial charge on any atom is -0.507 e. The van der Waals surface area contributed by atoms with Crippen molar-refractivity contribution >= 4 is 44.1 Å². The molecule has 1 N–H and O–H groups in total. The summed E-state index contributed by atoms with van der Waals surface area (Å²) >= 11 is 1.27. The summed E-state index contributed by atoms with van der Waals surface area (Å²) in [6.07, 6.45) is 1.64. The standard InChI is InChI=1S/C31H26N2O7S/c1-3-13-38-20-8-5-18(6-9-20)27-26(28(34)19-7-12-23-24(16-19)40-15-14-39-23)29(35)30(36)33(27)31-32-22-11-10-21(37-4-2)17-25(22)41-31/h3,5-12,16-17,27,34H,1,4,13-15H2,2H3/t27-/m1/s1. The number of anilines is 1. The molecule has 1 saturated heterocycles. The van der Waals surface area contributed by atoms with Gasteiger partial charge in [-0.05, 0) is 61.0 Å². The summed E-state index contributed by atoms with van der Waals surface area (Å²) < 4.78 is 23.3. The van der Waals surface area contributed by atoms with E-state index in [0.717, 1.165) is 4.70 Å². The summed E-state index contributed by atoms with van der Waals surface area (Å²) in [5, 5.41) is 11.9. The zero-order chi connectivity index (χ0) is 28.5. The van der Waals surface area contributed by atoms with Crippen LogP contribution in [0.15, 0.2) is 78.9 Å². The number of amides is 1. The third-order valence-electron chi connectivity index (χ3n) is 6.69. The van der Waals surface area contributed by atoms with Gasteiger partial charge >= 0.3 is 5.91 Å². The molecular formula is C31H26N2O7S. The predicted octanol–water partition coefficient (Wildman–Crippen LogP) is 5.66. The quantitative estimate of drug-likeness (QED) is 0.125. The minimum absolute atomic E-state index is 0.0549. The number of aromatic nitrogens is 1. The van der Waals surface area contributed by atoms with E-state index in [9.17, 15) is 14.7 Å². The Bertz CT molecular complexity index is 1690. The Morgan fingerprint density at radius 1 is 1.05 bits per heavy atom. The molecule has 0 unspecified atom stereocenters. The molecule has 3 heterocycles. The summed E-state index contributed by atoms with van der Waals surface area (Å²) in [6, 6.07) is 16.5. The maximum atomic E-state index is 13.6. The van der Waals surface area contributed by atoms with E-state index in [1.807, 2.05) is 25.1 Å². The number of nitrogens with zero attached hydrogens (tertiary/aromatic N) is 2. The fraction of sp³-hybridized carbons (Fsp3) is 0.194. The van der Waals surface area contributed by atoms with Gasteiger partial charge < -0.3 is 24.1 Å². The average Bonchev–Trinajstić information content (AvgIpc) is 3.53. The highest BCUT2D eigenvalue weighted by Gasteiger charge is 2.48. The van der Waals surface area contributed by atoms with Crippen molar-refractivity contribution < 1.29 is 33.6 Å². The van der Waals surface area contributed by atoms with Gasteiger partial charge in [-0.3, -0.25) is 14.5 Å². The Balaban J connectivity index is 1.48. The van der Waals surface area contributed by atoms with E-state index in [1.165, 1.54) is 16.2 Å². The Kier molecular flexibility index (Phi) is 7.07. The van der Waals surface area contributed by atoms with Crippen LogP contribution in [0.3, 0.4) is 0 Å². The number of Topliss-reactive ketones (excluding diaryl/α,β-unsaturated/α-hetero) is 1. The molecule has 0 aliphatic carbocycles. The lowest BCUT2D eigenvalue weighted by Crippen LogP contribution is -2.29. The third-order valence-corrected chi connectivity index (χ3v) is 7.71. The van der Waals surface area contributed by atoms with Crippen molar-refractivity contribution in [1.29, 1.82) is 0 Å². The third kappa shape index (κ3) is 4.87. The highest BCUT2D eigenvalue weighted by Crippen LogP contribution is 2.45. The number of aliphatic hydroxyl groups excluding tert-OH is 1. The highest BCUT2D eigenvalue weighted by atomic mass is 32.1. The number of benzene rings is 3. The summed E-state index contributed by atoms with van der Waals surface area (Å²) in [5.74, 6) is 0.351. The van der Waals surface area contributed by atoms with Gasteiger partial charge in [0.05, 0.1) is 28.4 Å². The number of rotatable bonds is 8. The number of hydrogen-bond donors (Lipinski definition) is 1. The van der Waals surface area contributed by atoms with Crippen LogP contribution in [0, 0.1) is 0 Å². The second kappa shape index (κ2) is 11.0. The maximum Gasteiger partial charge on any atom is 0.301 e. The van der Waals surface area contributed by atoms with Crippen LogP contribution >= 0.6 is 11.3 Å². The van der Waals surface area contributed by atoms with Gasteiger partial charge in [0, 0.05) is 5.56 Å². The zero-order valence-electron chi connectivity index (χ0n) is 22.2. The van der Waals surface area contributed by atoms with Crippen LogP contribution in [0.2, 0.25) is 0 Å². The lowest BCUT2D eigenvalue weighted by Gasteiger charge is -2.23. The molecule has 3 aromatic carbocycles. The number of aliphatic hydroxyl groups is 1. The number of fused-ring (bicyclic) bond motifs is 2. The van der Waals surface area contributed by atoms with Crippen molar-refractivity contribution in [1.82, 2.24) is 4.98 Å². The SMILES string of the molecule is C=CCOc1ccc([C@@H]2C(=C(O)c3ccc4c(c3)OCCO4)C(=O)C(=O)N2c2nc3ccc(OCC)cc3s2)cc1. The van der Waals surface area contributed by atoms with E-state index >= 15 is 0 Å². The number of carbonyl (C=O) groups is 2. The monoisotopic (exact) mass is 570 g/mol. The van der Waals surface area contributed by atoms with Gasteiger partial charge in [-0.15, -0.1) is 0 Å². The average molecular weight is 571 g/mol. The van der Waals surface area contributed by atoms with Gasteiger partial charge in [0.25, 0.3) is 5.78 Å². The Morgan fingerprint density at radius 2 is 1.80 bits per heavy atom.